The Labute approximate surface area is 155 Å². The van der Waals surface area contributed by atoms with Gasteiger partial charge in [-0.05, 0) is 64.1 Å². The molecule has 1 saturated heterocycles. The lowest BCUT2D eigenvalue weighted by Crippen LogP contribution is -2.26. The zero-order valence-electron chi connectivity index (χ0n) is 16.0. The topological polar surface area (TPSA) is 46.9 Å². The summed E-state index contributed by atoms with van der Waals surface area (Å²) >= 11 is 0. The molecule has 1 fully saturated rings. The second-order valence-electron chi connectivity index (χ2n) is 7.12. The van der Waals surface area contributed by atoms with Gasteiger partial charge in [-0.1, -0.05) is 0 Å². The van der Waals surface area contributed by atoms with Crippen LogP contribution in [0.5, 0.6) is 5.75 Å². The molecule has 0 atom stereocenters. The molecular weight excluding hydrogens is 330 g/mol. The van der Waals surface area contributed by atoms with Crippen molar-refractivity contribution < 1.29 is 14.3 Å². The molecule has 142 valence electrons. The van der Waals surface area contributed by atoms with E-state index in [1.165, 1.54) is 12.8 Å². The highest BCUT2D eigenvalue weighted by atomic mass is 16.5. The van der Waals surface area contributed by atoms with E-state index in [9.17, 15) is 4.79 Å². The summed E-state index contributed by atoms with van der Waals surface area (Å²) in [5, 5.41) is 1.07. The molecular formula is C20H29N3O3. The summed E-state index contributed by atoms with van der Waals surface area (Å²) in [7, 11) is 5.74. The minimum atomic E-state index is -0.321. The Hall–Kier alpha value is -2.05. The summed E-state index contributed by atoms with van der Waals surface area (Å²) in [6.07, 6.45) is 4.95. The summed E-state index contributed by atoms with van der Waals surface area (Å²) in [5.74, 6) is 0.737. The van der Waals surface area contributed by atoms with Crippen molar-refractivity contribution in [1.29, 1.82) is 0 Å². The first-order valence-corrected chi connectivity index (χ1v) is 9.30. The summed E-state index contributed by atoms with van der Waals surface area (Å²) < 4.78 is 12.5. The van der Waals surface area contributed by atoms with Crippen LogP contribution in [0.25, 0.3) is 10.9 Å². The molecule has 0 spiro atoms. The van der Waals surface area contributed by atoms with Crippen molar-refractivity contribution in [2.45, 2.75) is 19.3 Å². The minimum Gasteiger partial charge on any atom is -0.497 e. The Kier molecular flexibility index (Phi) is 6.16. The molecule has 1 aliphatic heterocycles. The normalized spacial score (nSPS) is 15.1. The first-order chi connectivity index (χ1) is 12.6. The van der Waals surface area contributed by atoms with Crippen LogP contribution in [-0.4, -0.2) is 74.5 Å². The molecule has 0 bridgehead atoms. The highest BCUT2D eigenvalue weighted by molar-refractivity contribution is 5.92. The van der Waals surface area contributed by atoms with Gasteiger partial charge in [0.15, 0.2) is 0 Å². The van der Waals surface area contributed by atoms with Crippen molar-refractivity contribution in [1.82, 2.24) is 14.4 Å². The number of benzene rings is 1. The van der Waals surface area contributed by atoms with E-state index in [0.29, 0.717) is 6.61 Å². The lowest BCUT2D eigenvalue weighted by Gasteiger charge is -2.14. The summed E-state index contributed by atoms with van der Waals surface area (Å²) in [5.41, 5.74) is 1.98. The molecule has 0 unspecified atom stereocenters. The van der Waals surface area contributed by atoms with Gasteiger partial charge in [-0.3, -0.25) is 9.47 Å². The van der Waals surface area contributed by atoms with Crippen LogP contribution in [-0.2, 0) is 11.2 Å². The predicted octanol–water partition coefficient (Wildman–Crippen LogP) is 2.83. The number of nitrogens with zero attached hydrogens (tertiary/aromatic N) is 3. The number of carbonyl (C=O) groups is 1. The highest BCUT2D eigenvalue weighted by Crippen LogP contribution is 2.26. The van der Waals surface area contributed by atoms with Gasteiger partial charge in [0.25, 0.3) is 0 Å². The van der Waals surface area contributed by atoms with E-state index in [1.807, 2.05) is 24.4 Å². The molecule has 0 amide bonds. The Bertz CT molecular complexity index is 748. The smallest absolute Gasteiger partial charge is 0.418 e. The van der Waals surface area contributed by atoms with Crippen molar-refractivity contribution >= 4 is 17.0 Å². The summed E-state index contributed by atoms with van der Waals surface area (Å²) in [6, 6.07) is 5.86. The maximum Gasteiger partial charge on any atom is 0.418 e. The first kappa shape index (κ1) is 18.7. The van der Waals surface area contributed by atoms with Crippen LogP contribution in [0.3, 0.4) is 0 Å². The molecule has 0 saturated carbocycles. The molecule has 1 aromatic heterocycles. The number of ether oxygens (including phenoxy) is 2. The van der Waals surface area contributed by atoms with Crippen LogP contribution in [0.15, 0.2) is 24.4 Å². The maximum atomic E-state index is 12.7. The number of fused-ring (bicyclic) bond motifs is 1. The van der Waals surface area contributed by atoms with Gasteiger partial charge in [0.05, 0.1) is 12.6 Å². The predicted molar refractivity (Wildman–Crippen MR) is 103 cm³/mol. The Balaban J connectivity index is 1.77. The standard InChI is InChI=1S/C20H29N3O3/c1-21(2)11-8-16-15-23(19-14-17(25-3)6-7-18(16)19)20(24)26-13-12-22-9-4-5-10-22/h6-7,14-15H,4-5,8-13H2,1-3H3. The lowest BCUT2D eigenvalue weighted by atomic mass is 10.1. The van der Waals surface area contributed by atoms with Gasteiger partial charge in [-0.2, -0.15) is 0 Å². The quantitative estimate of drug-likeness (QED) is 0.761. The fraction of sp³-hybridized carbons (Fsp3) is 0.550. The van der Waals surface area contributed by atoms with Gasteiger partial charge in [0.2, 0.25) is 0 Å². The summed E-state index contributed by atoms with van der Waals surface area (Å²) in [4.78, 5) is 17.1. The number of hydrogen-bond acceptors (Lipinski definition) is 5. The third kappa shape index (κ3) is 4.37. The average Bonchev–Trinajstić information content (AvgIpc) is 3.27. The highest BCUT2D eigenvalue weighted by Gasteiger charge is 2.17. The van der Waals surface area contributed by atoms with Crippen molar-refractivity contribution in [3.05, 3.63) is 30.0 Å². The Morgan fingerprint density at radius 1 is 1.23 bits per heavy atom. The van der Waals surface area contributed by atoms with Gasteiger partial charge in [-0.15, -0.1) is 0 Å². The number of hydrogen-bond donors (Lipinski definition) is 0. The number of likely N-dealkylation sites (tertiary alicyclic amines) is 1. The molecule has 2 heterocycles. The van der Waals surface area contributed by atoms with Crippen LogP contribution in [0.4, 0.5) is 4.79 Å². The summed E-state index contributed by atoms with van der Waals surface area (Å²) in [6.45, 7) is 4.37. The molecule has 0 aliphatic carbocycles. The van der Waals surface area contributed by atoms with Crippen LogP contribution >= 0.6 is 0 Å². The minimum absolute atomic E-state index is 0.321. The molecule has 1 aliphatic rings. The molecule has 1 aromatic carbocycles. The largest absolute Gasteiger partial charge is 0.497 e. The average molecular weight is 359 g/mol. The number of aromatic nitrogens is 1. The zero-order chi connectivity index (χ0) is 18.5. The van der Waals surface area contributed by atoms with Crippen molar-refractivity contribution in [3.8, 4) is 5.75 Å². The fourth-order valence-electron chi connectivity index (χ4n) is 3.44. The molecule has 6 nitrogen and oxygen atoms in total. The fourth-order valence-corrected chi connectivity index (χ4v) is 3.44. The van der Waals surface area contributed by atoms with E-state index in [4.69, 9.17) is 9.47 Å². The lowest BCUT2D eigenvalue weighted by molar-refractivity contribution is 0.135. The monoisotopic (exact) mass is 359 g/mol. The van der Waals surface area contributed by atoms with Crippen LogP contribution in [0.1, 0.15) is 18.4 Å². The Morgan fingerprint density at radius 3 is 2.69 bits per heavy atom. The van der Waals surface area contributed by atoms with Gasteiger partial charge in [0.1, 0.15) is 12.4 Å². The van der Waals surface area contributed by atoms with Crippen LogP contribution < -0.4 is 4.74 Å². The number of methoxy groups -OCH3 is 1. The molecule has 6 heteroatoms. The third-order valence-electron chi connectivity index (χ3n) is 4.95. The maximum absolute atomic E-state index is 12.7. The number of carbonyl (C=O) groups excluding carboxylic acids is 1. The van der Waals surface area contributed by atoms with Gasteiger partial charge in [-0.25, -0.2) is 4.79 Å². The third-order valence-corrected chi connectivity index (χ3v) is 4.95. The van der Waals surface area contributed by atoms with E-state index in [2.05, 4.69) is 23.9 Å². The molecule has 3 rings (SSSR count). The molecule has 2 aromatic rings. The van der Waals surface area contributed by atoms with Crippen molar-refractivity contribution in [2.24, 2.45) is 0 Å². The number of rotatable bonds is 7. The van der Waals surface area contributed by atoms with Gasteiger partial charge >= 0.3 is 6.09 Å². The van der Waals surface area contributed by atoms with Gasteiger partial charge < -0.3 is 14.4 Å². The first-order valence-electron chi connectivity index (χ1n) is 9.30. The molecule has 26 heavy (non-hydrogen) atoms. The molecule has 0 radical (unpaired) electrons. The second kappa shape index (κ2) is 8.56. The molecule has 0 N–H and O–H groups in total. The van der Waals surface area contributed by atoms with Gasteiger partial charge in [0, 0.05) is 30.7 Å². The van der Waals surface area contributed by atoms with Crippen molar-refractivity contribution in [3.63, 3.8) is 0 Å². The van der Waals surface area contributed by atoms with Crippen molar-refractivity contribution in [2.75, 3.05) is 54.0 Å². The number of likely N-dealkylation sites (N-methyl/N-ethyl adjacent to an activating group) is 1. The van der Waals surface area contributed by atoms with E-state index in [1.54, 1.807) is 11.7 Å². The zero-order valence-corrected chi connectivity index (χ0v) is 16.0. The van der Waals surface area contributed by atoms with Crippen LogP contribution in [0, 0.1) is 0 Å². The van der Waals surface area contributed by atoms with E-state index < -0.39 is 0 Å². The van der Waals surface area contributed by atoms with E-state index >= 15 is 0 Å². The van der Waals surface area contributed by atoms with E-state index in [-0.39, 0.29) is 6.09 Å². The van der Waals surface area contributed by atoms with Crippen LogP contribution in [0.2, 0.25) is 0 Å². The van der Waals surface area contributed by atoms with E-state index in [0.717, 1.165) is 54.8 Å². The SMILES string of the molecule is COc1ccc2c(CCN(C)C)cn(C(=O)OCCN3CCCC3)c2c1. The Morgan fingerprint density at radius 2 is 2.00 bits per heavy atom. The second-order valence-corrected chi connectivity index (χ2v) is 7.12.